The number of fused-ring (bicyclic) bond motifs is 1. The van der Waals surface area contributed by atoms with E-state index in [2.05, 4.69) is 30.5 Å². The lowest BCUT2D eigenvalue weighted by atomic mass is 9.99. The number of alkyl halides is 3. The molecule has 12 heteroatoms. The Morgan fingerprint density at radius 1 is 0.950 bits per heavy atom. The Balaban J connectivity index is 1.35. The SMILES string of the molecule is COc1ncc(C(F)(F)F)cc1NC(=O)Nc1ccc(-c2cnc(CN3CCC(=O)CC3)nc2)c2ccccc12. The third-order valence-corrected chi connectivity index (χ3v) is 6.59. The topological polar surface area (TPSA) is 109 Å². The summed E-state index contributed by atoms with van der Waals surface area (Å²) in [4.78, 5) is 39.1. The third kappa shape index (κ3) is 6.01. The molecule has 9 nitrogen and oxygen atoms in total. The normalized spacial score (nSPS) is 14.2. The van der Waals surface area contributed by atoms with Gasteiger partial charge in [-0.2, -0.15) is 13.2 Å². The molecule has 40 heavy (non-hydrogen) atoms. The van der Waals surface area contributed by atoms with Gasteiger partial charge in [-0.15, -0.1) is 0 Å². The van der Waals surface area contributed by atoms with Gasteiger partial charge >= 0.3 is 12.2 Å². The maximum Gasteiger partial charge on any atom is 0.417 e. The van der Waals surface area contributed by atoms with E-state index in [1.165, 1.54) is 7.11 Å². The lowest BCUT2D eigenvalue weighted by molar-refractivity contribution is -0.137. The number of Topliss-reactive ketones (excluding diaryl/α,β-unsaturated/α-hetero) is 1. The zero-order valence-corrected chi connectivity index (χ0v) is 21.5. The van der Waals surface area contributed by atoms with Gasteiger partial charge in [0.25, 0.3) is 0 Å². The van der Waals surface area contributed by atoms with Crippen molar-refractivity contribution in [1.82, 2.24) is 19.9 Å². The molecule has 1 aliphatic heterocycles. The zero-order valence-electron chi connectivity index (χ0n) is 21.5. The van der Waals surface area contributed by atoms with Crippen LogP contribution in [0.15, 0.2) is 61.1 Å². The molecular formula is C28H25F3N6O3. The Kier molecular flexibility index (Phi) is 7.60. The van der Waals surface area contributed by atoms with Crippen LogP contribution < -0.4 is 15.4 Å². The van der Waals surface area contributed by atoms with E-state index in [1.54, 1.807) is 18.5 Å². The van der Waals surface area contributed by atoms with Crippen LogP contribution in [0.4, 0.5) is 29.3 Å². The summed E-state index contributed by atoms with van der Waals surface area (Å²) in [6.07, 6.45) is 0.589. The summed E-state index contributed by atoms with van der Waals surface area (Å²) < 4.78 is 44.5. The molecule has 5 rings (SSSR count). The van der Waals surface area contributed by atoms with Crippen molar-refractivity contribution in [3.8, 4) is 17.0 Å². The molecule has 0 aliphatic carbocycles. The monoisotopic (exact) mass is 550 g/mol. The maximum atomic E-state index is 13.1. The Labute approximate surface area is 227 Å². The van der Waals surface area contributed by atoms with Crippen LogP contribution in [-0.4, -0.2) is 51.9 Å². The van der Waals surface area contributed by atoms with Crippen LogP contribution in [0.2, 0.25) is 0 Å². The number of rotatable bonds is 6. The van der Waals surface area contributed by atoms with Crippen molar-refractivity contribution in [1.29, 1.82) is 0 Å². The average Bonchev–Trinajstić information content (AvgIpc) is 2.94. The predicted octanol–water partition coefficient (Wildman–Crippen LogP) is 5.53. The van der Waals surface area contributed by atoms with Crippen molar-refractivity contribution in [2.45, 2.75) is 25.6 Å². The van der Waals surface area contributed by atoms with Crippen LogP contribution in [0.3, 0.4) is 0 Å². The molecule has 4 aromatic rings. The lowest BCUT2D eigenvalue weighted by Gasteiger charge is -2.24. The van der Waals surface area contributed by atoms with E-state index >= 15 is 0 Å². The Morgan fingerprint density at radius 3 is 2.30 bits per heavy atom. The fraction of sp³-hybridized carbons (Fsp3) is 0.250. The standard InChI is InChI=1S/C28H25F3N6O3/c1-40-26-24(12-18(15-34-26)28(29,30)31)36-27(39)35-23-7-6-20(21-4-2-3-5-22(21)23)17-13-32-25(33-14-17)16-37-10-8-19(38)9-11-37/h2-7,12-15H,8-11,16H2,1H3,(H2,35,36,39). The number of nitrogens with zero attached hydrogens (tertiary/aromatic N) is 4. The van der Waals surface area contributed by atoms with Gasteiger partial charge in [0.05, 0.1) is 24.9 Å². The first-order valence-corrected chi connectivity index (χ1v) is 12.5. The van der Waals surface area contributed by atoms with Crippen LogP contribution in [-0.2, 0) is 17.5 Å². The summed E-state index contributed by atoms with van der Waals surface area (Å²) in [7, 11) is 1.25. The molecule has 2 N–H and O–H groups in total. The van der Waals surface area contributed by atoms with E-state index in [0.29, 0.717) is 55.6 Å². The van der Waals surface area contributed by atoms with Crippen molar-refractivity contribution >= 4 is 34.0 Å². The van der Waals surface area contributed by atoms with Crippen molar-refractivity contribution in [2.75, 3.05) is 30.8 Å². The number of hydrogen-bond donors (Lipinski definition) is 2. The van der Waals surface area contributed by atoms with Crippen molar-refractivity contribution in [3.05, 3.63) is 72.4 Å². The second-order valence-electron chi connectivity index (χ2n) is 9.27. The highest BCUT2D eigenvalue weighted by atomic mass is 19.4. The number of piperidine rings is 1. The number of nitrogens with one attached hydrogen (secondary N) is 2. The molecular weight excluding hydrogens is 525 g/mol. The Bertz CT molecular complexity index is 1550. The number of ether oxygens (including phenoxy) is 1. The van der Waals surface area contributed by atoms with Gasteiger partial charge in [-0.25, -0.2) is 19.7 Å². The number of hydrogen-bond acceptors (Lipinski definition) is 7. The minimum atomic E-state index is -4.63. The summed E-state index contributed by atoms with van der Waals surface area (Å²) >= 11 is 0. The average molecular weight is 551 g/mol. The van der Waals surface area contributed by atoms with Crippen molar-refractivity contribution in [3.63, 3.8) is 0 Å². The first kappa shape index (κ1) is 27.0. The minimum absolute atomic E-state index is 0.152. The molecule has 0 saturated carbocycles. The molecule has 206 valence electrons. The molecule has 0 spiro atoms. The Morgan fingerprint density at radius 2 is 1.62 bits per heavy atom. The number of amides is 2. The molecule has 0 radical (unpaired) electrons. The van der Waals surface area contributed by atoms with Crippen LogP contribution in [0.5, 0.6) is 5.88 Å². The van der Waals surface area contributed by atoms with E-state index in [4.69, 9.17) is 4.74 Å². The van der Waals surface area contributed by atoms with Crippen molar-refractivity contribution < 1.29 is 27.5 Å². The zero-order chi connectivity index (χ0) is 28.3. The number of carbonyl (C=O) groups excluding carboxylic acids is 2. The van der Waals surface area contributed by atoms with Gasteiger partial charge in [-0.1, -0.05) is 30.3 Å². The number of urea groups is 1. The second-order valence-corrected chi connectivity index (χ2v) is 9.27. The maximum absolute atomic E-state index is 13.1. The van der Waals surface area contributed by atoms with E-state index < -0.39 is 17.8 Å². The number of likely N-dealkylation sites (tertiary alicyclic amines) is 1. The van der Waals surface area contributed by atoms with E-state index in [1.807, 2.05) is 30.3 Å². The third-order valence-electron chi connectivity index (χ3n) is 6.59. The van der Waals surface area contributed by atoms with Crippen LogP contribution in [0.1, 0.15) is 24.2 Å². The Hall–Kier alpha value is -4.58. The number of anilines is 2. The summed E-state index contributed by atoms with van der Waals surface area (Å²) in [5, 5.41) is 6.64. The molecule has 3 heterocycles. The van der Waals surface area contributed by atoms with E-state index in [0.717, 1.165) is 22.6 Å². The number of carbonyl (C=O) groups is 2. The van der Waals surface area contributed by atoms with Gasteiger partial charge in [0.1, 0.15) is 17.3 Å². The number of pyridine rings is 1. The minimum Gasteiger partial charge on any atom is -0.480 e. The first-order valence-electron chi connectivity index (χ1n) is 12.5. The molecule has 1 fully saturated rings. The van der Waals surface area contributed by atoms with Gasteiger partial charge in [-0.3, -0.25) is 9.69 Å². The molecule has 1 aliphatic rings. The van der Waals surface area contributed by atoms with Crippen LogP contribution >= 0.6 is 0 Å². The number of methoxy groups -OCH3 is 1. The molecule has 1 saturated heterocycles. The quantitative estimate of drug-likeness (QED) is 0.325. The predicted molar refractivity (Wildman–Crippen MR) is 143 cm³/mol. The lowest BCUT2D eigenvalue weighted by Crippen LogP contribution is -2.33. The number of ketones is 1. The summed E-state index contributed by atoms with van der Waals surface area (Å²) in [6.45, 7) is 1.97. The number of benzene rings is 2. The highest BCUT2D eigenvalue weighted by Gasteiger charge is 2.32. The van der Waals surface area contributed by atoms with Gasteiger partial charge in [0.15, 0.2) is 0 Å². The van der Waals surface area contributed by atoms with Crippen molar-refractivity contribution in [2.24, 2.45) is 0 Å². The first-order chi connectivity index (χ1) is 19.2. The number of halogens is 3. The molecule has 2 aromatic carbocycles. The van der Waals surface area contributed by atoms with Gasteiger partial charge in [0, 0.05) is 55.5 Å². The molecule has 2 aromatic heterocycles. The van der Waals surface area contributed by atoms with Gasteiger partial charge in [-0.05, 0) is 23.1 Å². The molecule has 0 bridgehead atoms. The summed E-state index contributed by atoms with van der Waals surface area (Å²) in [6, 6.07) is 10.9. The largest absolute Gasteiger partial charge is 0.480 e. The highest BCUT2D eigenvalue weighted by Crippen LogP contribution is 2.35. The summed E-state index contributed by atoms with van der Waals surface area (Å²) in [5.74, 6) is 0.791. The molecule has 0 atom stereocenters. The number of aromatic nitrogens is 3. The molecule has 0 unspecified atom stereocenters. The fourth-order valence-electron chi connectivity index (χ4n) is 4.53. The fourth-order valence-corrected chi connectivity index (χ4v) is 4.53. The smallest absolute Gasteiger partial charge is 0.417 e. The molecule has 2 amide bonds. The highest BCUT2D eigenvalue weighted by molar-refractivity contribution is 6.09. The summed E-state index contributed by atoms with van der Waals surface area (Å²) in [5.41, 5.74) is 0.847. The second kappa shape index (κ2) is 11.3. The van der Waals surface area contributed by atoms with Gasteiger partial charge < -0.3 is 15.4 Å². The van der Waals surface area contributed by atoms with E-state index in [-0.39, 0.29) is 17.4 Å². The van der Waals surface area contributed by atoms with Gasteiger partial charge in [0.2, 0.25) is 5.88 Å². The van der Waals surface area contributed by atoms with Crippen LogP contribution in [0, 0.1) is 0 Å². The van der Waals surface area contributed by atoms with Crippen LogP contribution in [0.25, 0.3) is 21.9 Å². The van der Waals surface area contributed by atoms with E-state index in [9.17, 15) is 22.8 Å².